The summed E-state index contributed by atoms with van der Waals surface area (Å²) in [4.78, 5) is 0. The monoisotopic (exact) mass is 222 g/mol. The molecule has 15 heavy (non-hydrogen) atoms. The van der Waals surface area contributed by atoms with Crippen LogP contribution in [-0.4, -0.2) is 5.75 Å². The Kier molecular flexibility index (Phi) is 4.27. The van der Waals surface area contributed by atoms with Crippen molar-refractivity contribution in [2.45, 2.75) is 39.5 Å². The lowest BCUT2D eigenvalue weighted by molar-refractivity contribution is 0.602. The first-order valence-corrected chi connectivity index (χ1v) is 6.29. The van der Waals surface area contributed by atoms with Crippen molar-refractivity contribution in [1.82, 2.24) is 0 Å². The van der Waals surface area contributed by atoms with Gasteiger partial charge in [-0.1, -0.05) is 52.0 Å². The second kappa shape index (κ2) is 5.07. The van der Waals surface area contributed by atoms with Crippen LogP contribution in [0, 0.1) is 5.92 Å². The Morgan fingerprint density at radius 2 is 1.67 bits per heavy atom. The Hall–Kier alpha value is -0.430. The van der Waals surface area contributed by atoms with Gasteiger partial charge in [0.05, 0.1) is 0 Å². The number of rotatable bonds is 4. The van der Waals surface area contributed by atoms with Crippen LogP contribution in [0.1, 0.15) is 38.8 Å². The number of hydrogen-bond donors (Lipinski definition) is 1. The summed E-state index contributed by atoms with van der Waals surface area (Å²) >= 11 is 4.39. The van der Waals surface area contributed by atoms with Crippen LogP contribution in [0.15, 0.2) is 24.3 Å². The van der Waals surface area contributed by atoms with Gasteiger partial charge in [0, 0.05) is 0 Å². The van der Waals surface area contributed by atoms with Crippen molar-refractivity contribution in [2.75, 3.05) is 5.75 Å². The van der Waals surface area contributed by atoms with E-state index in [2.05, 4.69) is 64.6 Å². The molecule has 0 atom stereocenters. The average molecular weight is 222 g/mol. The molecule has 0 radical (unpaired) electrons. The summed E-state index contributed by atoms with van der Waals surface area (Å²) in [5.74, 6) is 1.62. The predicted molar refractivity (Wildman–Crippen MR) is 71.9 cm³/mol. The highest BCUT2D eigenvalue weighted by Gasteiger charge is 2.17. The fourth-order valence-electron chi connectivity index (χ4n) is 1.65. The van der Waals surface area contributed by atoms with Crippen LogP contribution in [0.4, 0.5) is 0 Å². The van der Waals surface area contributed by atoms with E-state index in [1.807, 2.05) is 0 Å². The van der Waals surface area contributed by atoms with E-state index in [1.165, 1.54) is 17.5 Å². The van der Waals surface area contributed by atoms with Gasteiger partial charge in [0.1, 0.15) is 0 Å². The summed E-state index contributed by atoms with van der Waals surface area (Å²) in [6, 6.07) is 8.99. The molecule has 0 spiro atoms. The van der Waals surface area contributed by atoms with Gasteiger partial charge in [-0.25, -0.2) is 0 Å². The normalized spacial score (nSPS) is 12.1. The molecule has 1 aromatic rings. The maximum absolute atomic E-state index is 4.39. The lowest BCUT2D eigenvalue weighted by Crippen LogP contribution is -2.18. The molecule has 0 saturated carbocycles. The average Bonchev–Trinajstić information content (AvgIpc) is 2.18. The molecule has 0 fully saturated rings. The van der Waals surface area contributed by atoms with Crippen LogP contribution < -0.4 is 0 Å². The fourth-order valence-corrected chi connectivity index (χ4v) is 1.84. The van der Waals surface area contributed by atoms with Crippen LogP contribution >= 0.6 is 12.6 Å². The highest BCUT2D eigenvalue weighted by molar-refractivity contribution is 7.80. The molecule has 0 aromatic heterocycles. The SMILES string of the molecule is CC(C)Cc1ccc(C(C)(C)CS)cc1. The Labute approximate surface area is 99.5 Å². The Morgan fingerprint density at radius 3 is 2.07 bits per heavy atom. The zero-order chi connectivity index (χ0) is 11.5. The van der Waals surface area contributed by atoms with Crippen molar-refractivity contribution < 1.29 is 0 Å². The largest absolute Gasteiger partial charge is 0.178 e. The van der Waals surface area contributed by atoms with E-state index in [-0.39, 0.29) is 5.41 Å². The Morgan fingerprint density at radius 1 is 1.13 bits per heavy atom. The minimum atomic E-state index is 0.180. The first-order valence-electron chi connectivity index (χ1n) is 5.66. The minimum Gasteiger partial charge on any atom is -0.178 e. The van der Waals surface area contributed by atoms with Gasteiger partial charge in [-0.3, -0.25) is 0 Å². The molecule has 1 aromatic carbocycles. The third-order valence-electron chi connectivity index (χ3n) is 2.77. The molecule has 0 heterocycles. The van der Waals surface area contributed by atoms with Gasteiger partial charge in [0.25, 0.3) is 0 Å². The fraction of sp³-hybridized carbons (Fsp3) is 0.571. The molecule has 0 amide bonds. The molecule has 0 aliphatic carbocycles. The lowest BCUT2D eigenvalue weighted by Gasteiger charge is -2.23. The topological polar surface area (TPSA) is 0 Å². The summed E-state index contributed by atoms with van der Waals surface area (Å²) < 4.78 is 0. The molecule has 1 heteroatoms. The first kappa shape index (κ1) is 12.6. The molecule has 0 nitrogen and oxygen atoms in total. The van der Waals surface area contributed by atoms with Crippen molar-refractivity contribution in [2.24, 2.45) is 5.92 Å². The smallest absolute Gasteiger partial charge is 0.000584 e. The van der Waals surface area contributed by atoms with Crippen molar-refractivity contribution in [3.8, 4) is 0 Å². The van der Waals surface area contributed by atoms with Gasteiger partial charge < -0.3 is 0 Å². The zero-order valence-corrected chi connectivity index (χ0v) is 11.1. The number of hydrogen-bond acceptors (Lipinski definition) is 1. The van der Waals surface area contributed by atoms with E-state index < -0.39 is 0 Å². The Bertz CT molecular complexity index is 296. The van der Waals surface area contributed by atoms with Gasteiger partial charge in [-0.05, 0) is 34.6 Å². The second-order valence-corrected chi connectivity index (χ2v) is 5.65. The standard InChI is InChI=1S/C14H22S/c1-11(2)9-12-5-7-13(8-6-12)14(3,4)10-15/h5-8,11,15H,9-10H2,1-4H3. The maximum atomic E-state index is 4.39. The molecule has 84 valence electrons. The summed E-state index contributed by atoms with van der Waals surface area (Å²) in [6.07, 6.45) is 1.17. The summed E-state index contributed by atoms with van der Waals surface area (Å²) in [5, 5.41) is 0. The molecule has 0 saturated heterocycles. The zero-order valence-electron chi connectivity index (χ0n) is 10.2. The summed E-state index contributed by atoms with van der Waals surface area (Å²) in [6.45, 7) is 8.98. The van der Waals surface area contributed by atoms with Crippen LogP contribution in [0.5, 0.6) is 0 Å². The molecule has 0 unspecified atom stereocenters. The summed E-state index contributed by atoms with van der Waals surface area (Å²) in [7, 11) is 0. The Balaban J connectivity index is 2.81. The van der Waals surface area contributed by atoms with E-state index in [9.17, 15) is 0 Å². The van der Waals surface area contributed by atoms with E-state index in [0.29, 0.717) is 0 Å². The molecule has 0 bridgehead atoms. The van der Waals surface area contributed by atoms with Gasteiger partial charge in [-0.15, -0.1) is 0 Å². The van der Waals surface area contributed by atoms with Crippen molar-refractivity contribution in [3.05, 3.63) is 35.4 Å². The van der Waals surface area contributed by atoms with Crippen LogP contribution in [0.2, 0.25) is 0 Å². The maximum Gasteiger partial charge on any atom is -0.000584 e. The van der Waals surface area contributed by atoms with Crippen LogP contribution in [-0.2, 0) is 11.8 Å². The molecule has 0 aliphatic rings. The van der Waals surface area contributed by atoms with Gasteiger partial charge >= 0.3 is 0 Å². The number of thiol groups is 1. The van der Waals surface area contributed by atoms with Crippen LogP contribution in [0.25, 0.3) is 0 Å². The highest BCUT2D eigenvalue weighted by atomic mass is 32.1. The quantitative estimate of drug-likeness (QED) is 0.729. The van der Waals surface area contributed by atoms with Crippen LogP contribution in [0.3, 0.4) is 0 Å². The molecular formula is C14H22S. The first-order chi connectivity index (χ1) is 6.95. The third kappa shape index (κ3) is 3.57. The van der Waals surface area contributed by atoms with Gasteiger partial charge in [-0.2, -0.15) is 12.6 Å². The highest BCUT2D eigenvalue weighted by Crippen LogP contribution is 2.24. The van der Waals surface area contributed by atoms with E-state index in [4.69, 9.17) is 0 Å². The third-order valence-corrected chi connectivity index (χ3v) is 3.57. The van der Waals surface area contributed by atoms with E-state index in [0.717, 1.165) is 11.7 Å². The van der Waals surface area contributed by atoms with E-state index >= 15 is 0 Å². The second-order valence-electron chi connectivity index (χ2n) is 5.34. The van der Waals surface area contributed by atoms with Crippen molar-refractivity contribution in [3.63, 3.8) is 0 Å². The molecule has 0 N–H and O–H groups in total. The van der Waals surface area contributed by atoms with Crippen molar-refractivity contribution >= 4 is 12.6 Å². The van der Waals surface area contributed by atoms with E-state index in [1.54, 1.807) is 0 Å². The number of benzene rings is 1. The van der Waals surface area contributed by atoms with Gasteiger partial charge in [0.2, 0.25) is 0 Å². The molecule has 0 aliphatic heterocycles. The minimum absolute atomic E-state index is 0.180. The molecular weight excluding hydrogens is 200 g/mol. The lowest BCUT2D eigenvalue weighted by atomic mass is 9.86. The summed E-state index contributed by atoms with van der Waals surface area (Å²) in [5.41, 5.74) is 2.99. The van der Waals surface area contributed by atoms with Gasteiger partial charge in [0.15, 0.2) is 0 Å². The predicted octanol–water partition coefficient (Wildman–Crippen LogP) is 4.09. The molecule has 1 rings (SSSR count). The van der Waals surface area contributed by atoms with Crippen molar-refractivity contribution in [1.29, 1.82) is 0 Å².